The highest BCUT2D eigenvalue weighted by molar-refractivity contribution is 7.92. The van der Waals surface area contributed by atoms with E-state index in [-0.39, 0.29) is 29.3 Å². The van der Waals surface area contributed by atoms with Crippen LogP contribution in [0.25, 0.3) is 0 Å². The predicted octanol–water partition coefficient (Wildman–Crippen LogP) is 6.64. The van der Waals surface area contributed by atoms with Gasteiger partial charge in [0.1, 0.15) is 12.6 Å². The summed E-state index contributed by atoms with van der Waals surface area (Å²) in [6, 6.07) is 19.0. The SMILES string of the molecule is CC[C@H](C)NC(=O)[C@H](C)N(Cc1ccc(Cl)cc1Cl)C(=O)CN(c1ccc(C(C)C)cc1)S(=O)(=O)c1ccccc1. The third-order valence-electron chi connectivity index (χ3n) is 6.98. The van der Waals surface area contributed by atoms with E-state index in [1.807, 2.05) is 39.8 Å². The molecule has 3 aromatic rings. The van der Waals surface area contributed by atoms with Gasteiger partial charge >= 0.3 is 0 Å². The molecule has 0 spiro atoms. The van der Waals surface area contributed by atoms with Gasteiger partial charge in [0, 0.05) is 22.6 Å². The number of halogens is 2. The summed E-state index contributed by atoms with van der Waals surface area (Å²) in [5.41, 5.74) is 1.95. The van der Waals surface area contributed by atoms with Crippen LogP contribution in [0.4, 0.5) is 5.69 Å². The average Bonchev–Trinajstić information content (AvgIpc) is 2.95. The molecule has 0 saturated carbocycles. The summed E-state index contributed by atoms with van der Waals surface area (Å²) in [5.74, 6) is -0.666. The van der Waals surface area contributed by atoms with Crippen LogP contribution in [0.15, 0.2) is 77.7 Å². The Morgan fingerprint density at radius 2 is 1.54 bits per heavy atom. The van der Waals surface area contributed by atoms with E-state index in [4.69, 9.17) is 23.2 Å². The molecular weight excluding hydrogens is 581 g/mol. The Morgan fingerprint density at radius 3 is 2.10 bits per heavy atom. The van der Waals surface area contributed by atoms with Crippen molar-refractivity contribution in [1.29, 1.82) is 0 Å². The fourth-order valence-electron chi connectivity index (χ4n) is 4.16. The highest BCUT2D eigenvalue weighted by Crippen LogP contribution is 2.28. The minimum Gasteiger partial charge on any atom is -0.352 e. The lowest BCUT2D eigenvalue weighted by Crippen LogP contribution is -2.52. The first-order valence-electron chi connectivity index (χ1n) is 13.6. The Labute approximate surface area is 253 Å². The van der Waals surface area contributed by atoms with Crippen LogP contribution in [0.2, 0.25) is 10.0 Å². The number of sulfonamides is 1. The third-order valence-corrected chi connectivity index (χ3v) is 9.36. The summed E-state index contributed by atoms with van der Waals surface area (Å²) in [7, 11) is -4.13. The van der Waals surface area contributed by atoms with Crippen LogP contribution in [0, 0.1) is 0 Å². The quantitative estimate of drug-likeness (QED) is 0.247. The number of hydrogen-bond acceptors (Lipinski definition) is 4. The fourth-order valence-corrected chi connectivity index (χ4v) is 6.06. The fraction of sp³-hybridized carbons (Fsp3) is 0.355. The summed E-state index contributed by atoms with van der Waals surface area (Å²) < 4.78 is 28.9. The minimum absolute atomic E-state index is 0.0184. The van der Waals surface area contributed by atoms with Gasteiger partial charge in [0.2, 0.25) is 11.8 Å². The largest absolute Gasteiger partial charge is 0.352 e. The molecule has 3 aromatic carbocycles. The van der Waals surface area contributed by atoms with Gasteiger partial charge in [-0.15, -0.1) is 0 Å². The molecule has 0 aliphatic carbocycles. The maximum absolute atomic E-state index is 14.0. The Hall–Kier alpha value is -3.07. The van der Waals surface area contributed by atoms with Gasteiger partial charge in [-0.25, -0.2) is 8.42 Å². The normalized spacial score (nSPS) is 13.0. The minimum atomic E-state index is -4.13. The molecule has 41 heavy (non-hydrogen) atoms. The van der Waals surface area contributed by atoms with Gasteiger partial charge in [-0.1, -0.05) is 80.4 Å². The molecule has 10 heteroatoms. The highest BCUT2D eigenvalue weighted by atomic mass is 35.5. The van der Waals surface area contributed by atoms with E-state index in [9.17, 15) is 18.0 Å². The van der Waals surface area contributed by atoms with Crippen LogP contribution < -0.4 is 9.62 Å². The first kappa shape index (κ1) is 32.4. The number of hydrogen-bond donors (Lipinski definition) is 1. The molecule has 0 bridgehead atoms. The summed E-state index contributed by atoms with van der Waals surface area (Å²) in [6.07, 6.45) is 0.713. The van der Waals surface area contributed by atoms with Crippen molar-refractivity contribution in [3.05, 3.63) is 94.0 Å². The van der Waals surface area contributed by atoms with Gasteiger partial charge in [0.25, 0.3) is 10.0 Å². The number of carbonyl (C=O) groups is 2. The lowest BCUT2D eigenvalue weighted by atomic mass is 10.0. The molecule has 0 fully saturated rings. The highest BCUT2D eigenvalue weighted by Gasteiger charge is 2.33. The molecule has 2 amide bonds. The molecule has 0 aromatic heterocycles. The van der Waals surface area contributed by atoms with Crippen molar-refractivity contribution in [3.8, 4) is 0 Å². The monoisotopic (exact) mass is 617 g/mol. The van der Waals surface area contributed by atoms with Gasteiger partial charge < -0.3 is 10.2 Å². The van der Waals surface area contributed by atoms with Gasteiger partial charge in [-0.2, -0.15) is 0 Å². The smallest absolute Gasteiger partial charge is 0.264 e. The number of carbonyl (C=O) groups excluding carboxylic acids is 2. The van der Waals surface area contributed by atoms with Crippen LogP contribution >= 0.6 is 23.2 Å². The molecule has 0 aliphatic rings. The molecule has 7 nitrogen and oxygen atoms in total. The number of nitrogens with one attached hydrogen (secondary N) is 1. The molecule has 0 radical (unpaired) electrons. The second kappa shape index (κ2) is 14.2. The number of amides is 2. The van der Waals surface area contributed by atoms with E-state index in [1.165, 1.54) is 17.0 Å². The van der Waals surface area contributed by atoms with E-state index in [0.29, 0.717) is 27.7 Å². The van der Waals surface area contributed by atoms with Crippen molar-refractivity contribution in [3.63, 3.8) is 0 Å². The topological polar surface area (TPSA) is 86.8 Å². The summed E-state index contributed by atoms with van der Waals surface area (Å²) in [5, 5.41) is 3.68. The molecule has 0 heterocycles. The number of rotatable bonds is 12. The molecule has 0 aliphatic heterocycles. The van der Waals surface area contributed by atoms with Crippen LogP contribution in [-0.2, 0) is 26.2 Å². The van der Waals surface area contributed by atoms with E-state index in [2.05, 4.69) is 5.32 Å². The van der Waals surface area contributed by atoms with Crippen LogP contribution in [0.3, 0.4) is 0 Å². The van der Waals surface area contributed by atoms with Crippen molar-refractivity contribution in [1.82, 2.24) is 10.2 Å². The summed E-state index contributed by atoms with van der Waals surface area (Å²) in [6.45, 7) is 8.99. The Morgan fingerprint density at radius 1 is 0.902 bits per heavy atom. The van der Waals surface area contributed by atoms with E-state index < -0.39 is 28.5 Å². The van der Waals surface area contributed by atoms with Crippen LogP contribution in [0.5, 0.6) is 0 Å². The van der Waals surface area contributed by atoms with Crippen molar-refractivity contribution < 1.29 is 18.0 Å². The first-order valence-corrected chi connectivity index (χ1v) is 15.8. The maximum Gasteiger partial charge on any atom is 0.264 e. The van der Waals surface area contributed by atoms with Crippen molar-refractivity contribution >= 4 is 50.7 Å². The predicted molar refractivity (Wildman–Crippen MR) is 166 cm³/mol. The second-order valence-electron chi connectivity index (χ2n) is 10.3. The van der Waals surface area contributed by atoms with Crippen molar-refractivity contribution in [2.24, 2.45) is 0 Å². The van der Waals surface area contributed by atoms with E-state index in [0.717, 1.165) is 9.87 Å². The average molecular weight is 619 g/mol. The summed E-state index contributed by atoms with van der Waals surface area (Å²) in [4.78, 5) is 28.6. The first-order chi connectivity index (χ1) is 19.3. The zero-order valence-electron chi connectivity index (χ0n) is 24.0. The Balaban J connectivity index is 2.05. The van der Waals surface area contributed by atoms with Gasteiger partial charge in [0.05, 0.1) is 10.6 Å². The number of anilines is 1. The summed E-state index contributed by atoms with van der Waals surface area (Å²) >= 11 is 12.5. The van der Waals surface area contributed by atoms with Gasteiger partial charge in [0.15, 0.2) is 0 Å². The Bertz CT molecular complexity index is 1450. The van der Waals surface area contributed by atoms with Crippen LogP contribution in [0.1, 0.15) is 58.1 Å². The Kier molecular flexibility index (Phi) is 11.2. The zero-order chi connectivity index (χ0) is 30.3. The van der Waals surface area contributed by atoms with Crippen LogP contribution in [-0.4, -0.2) is 43.8 Å². The third kappa shape index (κ3) is 8.24. The number of benzene rings is 3. The van der Waals surface area contributed by atoms with E-state index >= 15 is 0 Å². The number of nitrogens with zero attached hydrogens (tertiary/aromatic N) is 2. The molecule has 3 rings (SSSR count). The maximum atomic E-state index is 14.0. The zero-order valence-corrected chi connectivity index (χ0v) is 26.3. The van der Waals surface area contributed by atoms with Gasteiger partial charge in [-0.05, 0) is 73.7 Å². The standard InChI is InChI=1S/C31H37Cl2N3O4S/c1-6-22(4)34-31(38)23(5)35(19-25-12-15-26(32)18-29(25)33)30(37)20-36(27-16-13-24(14-17-27)21(2)3)41(39,40)28-10-8-7-9-11-28/h7-18,21-23H,6,19-20H2,1-5H3,(H,34,38)/t22-,23-/m0/s1. The molecule has 1 N–H and O–H groups in total. The molecule has 0 saturated heterocycles. The molecule has 2 atom stereocenters. The molecule has 0 unspecified atom stereocenters. The lowest BCUT2D eigenvalue weighted by Gasteiger charge is -2.32. The van der Waals surface area contributed by atoms with Gasteiger partial charge in [-0.3, -0.25) is 13.9 Å². The lowest BCUT2D eigenvalue weighted by molar-refractivity contribution is -0.139. The second-order valence-corrected chi connectivity index (χ2v) is 13.0. The molecular formula is C31H37Cl2N3O4S. The molecule has 220 valence electrons. The van der Waals surface area contributed by atoms with E-state index in [1.54, 1.807) is 55.5 Å². The van der Waals surface area contributed by atoms with Crippen molar-refractivity contribution in [2.45, 2.75) is 70.5 Å². The van der Waals surface area contributed by atoms with Crippen molar-refractivity contribution in [2.75, 3.05) is 10.8 Å².